The molecular weight excluding hydrogens is 299 g/mol. The van der Waals surface area contributed by atoms with Crippen LogP contribution in [-0.4, -0.2) is 27.2 Å². The summed E-state index contributed by atoms with van der Waals surface area (Å²) in [5.41, 5.74) is 1.03. The molecule has 1 aromatic carbocycles. The molecule has 1 heterocycles. The van der Waals surface area contributed by atoms with Crippen LogP contribution in [0.4, 0.5) is 0 Å². The highest BCUT2D eigenvalue weighted by atomic mass is 35.5. The molecule has 0 radical (unpaired) electrons. The first-order valence-electron chi connectivity index (χ1n) is 6.18. The molecule has 2 rings (SSSR count). The minimum Gasteiger partial charge on any atom is -0.354 e. The lowest BCUT2D eigenvalue weighted by atomic mass is 10.1. The van der Waals surface area contributed by atoms with Crippen LogP contribution >= 0.6 is 23.2 Å². The second kappa shape index (κ2) is 7.26. The van der Waals surface area contributed by atoms with Gasteiger partial charge in [0.25, 0.3) is 0 Å². The molecular formula is C13H14Cl2N4O. The maximum Gasteiger partial charge on any atom is 0.241 e. The third-order valence-electron chi connectivity index (χ3n) is 2.73. The van der Waals surface area contributed by atoms with Gasteiger partial charge in [-0.1, -0.05) is 29.3 Å². The standard InChI is InChI=1S/C13H14Cl2N4O/c14-11-4-3-10(12(15)6-11)2-1-5-17-13(20)7-19-9-16-8-18-19/h3-4,6,8-9H,1-2,5,7H2,(H,17,20). The van der Waals surface area contributed by atoms with E-state index in [-0.39, 0.29) is 12.5 Å². The molecule has 1 amide bonds. The Morgan fingerprint density at radius 2 is 2.20 bits per heavy atom. The fourth-order valence-electron chi connectivity index (χ4n) is 1.75. The fraction of sp³-hybridized carbons (Fsp3) is 0.308. The monoisotopic (exact) mass is 312 g/mol. The zero-order valence-electron chi connectivity index (χ0n) is 10.7. The van der Waals surface area contributed by atoms with Crippen LogP contribution in [0.3, 0.4) is 0 Å². The third-order valence-corrected chi connectivity index (χ3v) is 3.32. The number of carbonyl (C=O) groups excluding carboxylic acids is 1. The summed E-state index contributed by atoms with van der Waals surface area (Å²) in [7, 11) is 0. The van der Waals surface area contributed by atoms with E-state index in [0.717, 1.165) is 18.4 Å². The van der Waals surface area contributed by atoms with Crippen molar-refractivity contribution in [1.29, 1.82) is 0 Å². The zero-order chi connectivity index (χ0) is 14.4. The molecule has 0 saturated heterocycles. The quantitative estimate of drug-likeness (QED) is 0.833. The number of hydrogen-bond acceptors (Lipinski definition) is 3. The first-order chi connectivity index (χ1) is 9.65. The van der Waals surface area contributed by atoms with E-state index in [0.29, 0.717) is 16.6 Å². The van der Waals surface area contributed by atoms with Gasteiger partial charge in [-0.25, -0.2) is 9.67 Å². The van der Waals surface area contributed by atoms with Crippen LogP contribution in [0.5, 0.6) is 0 Å². The summed E-state index contributed by atoms with van der Waals surface area (Å²) in [4.78, 5) is 15.4. The Hall–Kier alpha value is -1.59. The topological polar surface area (TPSA) is 59.8 Å². The molecule has 1 aromatic heterocycles. The van der Waals surface area contributed by atoms with Crippen LogP contribution in [-0.2, 0) is 17.8 Å². The maximum absolute atomic E-state index is 11.6. The molecule has 106 valence electrons. The van der Waals surface area contributed by atoms with Crippen LogP contribution in [0, 0.1) is 0 Å². The smallest absolute Gasteiger partial charge is 0.241 e. The number of aromatic nitrogens is 3. The predicted molar refractivity (Wildman–Crippen MR) is 77.8 cm³/mol. The summed E-state index contributed by atoms with van der Waals surface area (Å²) >= 11 is 11.9. The Balaban J connectivity index is 1.69. The summed E-state index contributed by atoms with van der Waals surface area (Å²) in [6.45, 7) is 0.772. The van der Waals surface area contributed by atoms with Crippen molar-refractivity contribution in [3.63, 3.8) is 0 Å². The van der Waals surface area contributed by atoms with E-state index in [4.69, 9.17) is 23.2 Å². The number of benzene rings is 1. The summed E-state index contributed by atoms with van der Waals surface area (Å²) in [5.74, 6) is -0.0855. The van der Waals surface area contributed by atoms with Gasteiger partial charge in [-0.3, -0.25) is 4.79 Å². The van der Waals surface area contributed by atoms with E-state index in [1.165, 1.54) is 17.3 Å². The summed E-state index contributed by atoms with van der Waals surface area (Å²) < 4.78 is 1.48. The van der Waals surface area contributed by atoms with Crippen molar-refractivity contribution in [3.8, 4) is 0 Å². The van der Waals surface area contributed by atoms with E-state index in [2.05, 4.69) is 15.4 Å². The van der Waals surface area contributed by atoms with Gasteiger partial charge >= 0.3 is 0 Å². The number of rotatable bonds is 6. The molecule has 1 N–H and O–H groups in total. The van der Waals surface area contributed by atoms with Crippen LogP contribution in [0.25, 0.3) is 0 Å². The predicted octanol–water partition coefficient (Wildman–Crippen LogP) is 2.33. The number of amides is 1. The van der Waals surface area contributed by atoms with E-state index < -0.39 is 0 Å². The van der Waals surface area contributed by atoms with Gasteiger partial charge in [0.2, 0.25) is 5.91 Å². The van der Waals surface area contributed by atoms with Gasteiger partial charge in [-0.05, 0) is 30.5 Å². The van der Waals surface area contributed by atoms with Crippen molar-refractivity contribution < 1.29 is 4.79 Å². The molecule has 0 aliphatic rings. The van der Waals surface area contributed by atoms with Crippen molar-refractivity contribution in [3.05, 3.63) is 46.5 Å². The Morgan fingerprint density at radius 1 is 1.35 bits per heavy atom. The van der Waals surface area contributed by atoms with E-state index in [9.17, 15) is 4.79 Å². The second-order valence-corrected chi connectivity index (χ2v) is 5.13. The molecule has 0 bridgehead atoms. The molecule has 0 aliphatic heterocycles. The van der Waals surface area contributed by atoms with Crippen molar-refractivity contribution >= 4 is 29.1 Å². The van der Waals surface area contributed by atoms with Gasteiger partial charge in [0.05, 0.1) is 0 Å². The number of nitrogens with zero attached hydrogens (tertiary/aromatic N) is 3. The maximum atomic E-state index is 11.6. The molecule has 0 atom stereocenters. The normalized spacial score (nSPS) is 10.5. The van der Waals surface area contributed by atoms with Crippen LogP contribution in [0.15, 0.2) is 30.9 Å². The largest absolute Gasteiger partial charge is 0.354 e. The number of hydrogen-bond donors (Lipinski definition) is 1. The summed E-state index contributed by atoms with van der Waals surface area (Å²) in [6, 6.07) is 5.44. The van der Waals surface area contributed by atoms with Gasteiger partial charge in [0.1, 0.15) is 19.2 Å². The number of halogens is 2. The summed E-state index contributed by atoms with van der Waals surface area (Å²) in [6.07, 6.45) is 4.51. The first-order valence-corrected chi connectivity index (χ1v) is 6.94. The Kier molecular flexibility index (Phi) is 5.38. The number of nitrogens with one attached hydrogen (secondary N) is 1. The number of aryl methyl sites for hydroxylation is 1. The average molecular weight is 313 g/mol. The highest BCUT2D eigenvalue weighted by molar-refractivity contribution is 6.35. The molecule has 5 nitrogen and oxygen atoms in total. The first kappa shape index (κ1) is 14.8. The lowest BCUT2D eigenvalue weighted by Crippen LogP contribution is -2.28. The van der Waals surface area contributed by atoms with Crippen LogP contribution < -0.4 is 5.32 Å². The lowest BCUT2D eigenvalue weighted by Gasteiger charge is -2.06. The van der Waals surface area contributed by atoms with Crippen molar-refractivity contribution in [1.82, 2.24) is 20.1 Å². The van der Waals surface area contributed by atoms with Gasteiger partial charge in [0, 0.05) is 16.6 Å². The number of carbonyl (C=O) groups is 1. The minimum absolute atomic E-state index is 0.0855. The van der Waals surface area contributed by atoms with Crippen molar-refractivity contribution in [2.24, 2.45) is 0 Å². The van der Waals surface area contributed by atoms with Gasteiger partial charge < -0.3 is 5.32 Å². The zero-order valence-corrected chi connectivity index (χ0v) is 12.2. The van der Waals surface area contributed by atoms with Crippen LogP contribution in [0.1, 0.15) is 12.0 Å². The van der Waals surface area contributed by atoms with Gasteiger partial charge in [-0.15, -0.1) is 0 Å². The van der Waals surface area contributed by atoms with E-state index in [1.807, 2.05) is 12.1 Å². The molecule has 20 heavy (non-hydrogen) atoms. The SMILES string of the molecule is O=C(Cn1cncn1)NCCCc1ccc(Cl)cc1Cl. The van der Waals surface area contributed by atoms with Gasteiger partial charge in [0.15, 0.2) is 0 Å². The molecule has 0 fully saturated rings. The lowest BCUT2D eigenvalue weighted by molar-refractivity contribution is -0.121. The molecule has 0 saturated carbocycles. The molecule has 0 spiro atoms. The highest BCUT2D eigenvalue weighted by Crippen LogP contribution is 2.21. The van der Waals surface area contributed by atoms with Crippen molar-refractivity contribution in [2.75, 3.05) is 6.54 Å². The Labute approximate surface area is 126 Å². The fourth-order valence-corrected chi connectivity index (χ4v) is 2.25. The summed E-state index contributed by atoms with van der Waals surface area (Å²) in [5, 5.41) is 7.98. The van der Waals surface area contributed by atoms with Crippen LogP contribution in [0.2, 0.25) is 10.0 Å². The molecule has 2 aromatic rings. The minimum atomic E-state index is -0.0855. The van der Waals surface area contributed by atoms with Gasteiger partial charge in [-0.2, -0.15) is 5.10 Å². The molecule has 0 unspecified atom stereocenters. The van der Waals surface area contributed by atoms with E-state index >= 15 is 0 Å². The Morgan fingerprint density at radius 3 is 2.90 bits per heavy atom. The van der Waals surface area contributed by atoms with E-state index in [1.54, 1.807) is 6.07 Å². The second-order valence-electron chi connectivity index (χ2n) is 4.28. The Bertz CT molecular complexity index is 572. The average Bonchev–Trinajstić information content (AvgIpc) is 2.89. The molecule has 7 heteroatoms. The third kappa shape index (κ3) is 4.51. The highest BCUT2D eigenvalue weighted by Gasteiger charge is 2.04. The van der Waals surface area contributed by atoms with Crippen molar-refractivity contribution in [2.45, 2.75) is 19.4 Å². The molecule has 0 aliphatic carbocycles.